The zero-order valence-electron chi connectivity index (χ0n) is 18.7. The predicted octanol–water partition coefficient (Wildman–Crippen LogP) is 1.34. The number of hydrogen-bond donors (Lipinski definition) is 4. The quantitative estimate of drug-likeness (QED) is 0.579. The molecule has 1 fully saturated rings. The molecule has 1 aliphatic heterocycles. The number of nitrogens with two attached hydrogens (primary N) is 1. The lowest BCUT2D eigenvalue weighted by atomic mass is 10.0. The Morgan fingerprint density at radius 3 is 2.72 bits per heavy atom. The monoisotopic (exact) mass is 438 g/mol. The fourth-order valence-electron chi connectivity index (χ4n) is 4.40. The van der Waals surface area contributed by atoms with Gasteiger partial charge in [-0.25, -0.2) is 4.39 Å². The minimum Gasteiger partial charge on any atom is -0.368 e. The molecule has 0 bridgehead atoms. The number of aryl methyl sites for hydroxylation is 1. The molecule has 1 aromatic heterocycles. The van der Waals surface area contributed by atoms with E-state index in [-0.39, 0.29) is 11.6 Å². The molecule has 0 spiro atoms. The molecular weight excluding hydrogens is 409 g/mol. The number of hydrogen-bond acceptors (Lipinski definition) is 5. The Morgan fingerprint density at radius 2 is 2.03 bits per heavy atom. The van der Waals surface area contributed by atoms with Crippen molar-refractivity contribution < 1.29 is 14.5 Å². The van der Waals surface area contributed by atoms with Crippen molar-refractivity contribution in [3.63, 3.8) is 0 Å². The van der Waals surface area contributed by atoms with E-state index in [2.05, 4.69) is 34.5 Å². The van der Waals surface area contributed by atoms with E-state index in [0.717, 1.165) is 24.2 Å². The van der Waals surface area contributed by atoms with Crippen molar-refractivity contribution >= 4 is 28.2 Å². The van der Waals surface area contributed by atoms with Crippen LogP contribution in [-0.4, -0.2) is 53.6 Å². The highest BCUT2D eigenvalue weighted by Crippen LogP contribution is 2.30. The number of nitrogens with one attached hydrogen (secondary N) is 3. The minimum atomic E-state index is -0.684. The molecule has 168 valence electrons. The molecule has 2 heterocycles. The number of fused-ring (bicyclic) bond motifs is 1. The third-order valence-corrected chi connectivity index (χ3v) is 5.64. The summed E-state index contributed by atoms with van der Waals surface area (Å²) >= 11 is 0. The van der Waals surface area contributed by atoms with E-state index in [1.54, 1.807) is 35.4 Å². The third kappa shape index (κ3) is 4.21. The summed E-state index contributed by atoms with van der Waals surface area (Å²) in [6.45, 7) is 6.06. The first-order valence-electron chi connectivity index (χ1n) is 10.7. The lowest BCUT2D eigenvalue weighted by molar-refractivity contribution is -0.556. The highest BCUT2D eigenvalue weighted by molar-refractivity contribution is 6.13. The molecular formula is C23H29FN7O+. The fourth-order valence-corrected chi connectivity index (χ4v) is 4.40. The Hall–Kier alpha value is -3.30. The summed E-state index contributed by atoms with van der Waals surface area (Å²) in [6, 6.07) is 4.45. The van der Waals surface area contributed by atoms with Crippen LogP contribution in [0, 0.1) is 5.41 Å². The largest absolute Gasteiger partial charge is 0.368 e. The van der Waals surface area contributed by atoms with Gasteiger partial charge in [-0.3, -0.25) is 14.9 Å². The van der Waals surface area contributed by atoms with Crippen molar-refractivity contribution in [2.24, 2.45) is 7.05 Å². The maximum atomic E-state index is 14.2. The summed E-state index contributed by atoms with van der Waals surface area (Å²) in [5.41, 5.74) is 2.58. The van der Waals surface area contributed by atoms with Crippen LogP contribution in [0.25, 0.3) is 10.9 Å². The molecule has 2 aromatic rings. The van der Waals surface area contributed by atoms with Crippen molar-refractivity contribution in [2.75, 3.05) is 25.0 Å². The Kier molecular flexibility index (Phi) is 5.94. The van der Waals surface area contributed by atoms with Crippen LogP contribution in [-0.2, 0) is 7.05 Å². The van der Waals surface area contributed by atoms with Crippen molar-refractivity contribution in [3.05, 3.63) is 59.3 Å². The molecule has 0 radical (unpaired) electrons. The van der Waals surface area contributed by atoms with Crippen LogP contribution >= 0.6 is 0 Å². The number of allylic oxidation sites excluding steroid dienone is 4. The molecule has 0 unspecified atom stereocenters. The van der Waals surface area contributed by atoms with Crippen LogP contribution in [0.15, 0.2) is 53.8 Å². The number of benzene rings is 1. The highest BCUT2D eigenvalue weighted by atomic mass is 19.1. The Morgan fingerprint density at radius 1 is 1.31 bits per heavy atom. The van der Waals surface area contributed by atoms with Crippen LogP contribution < -0.4 is 20.9 Å². The van der Waals surface area contributed by atoms with Gasteiger partial charge in [-0.15, -0.1) is 0 Å². The van der Waals surface area contributed by atoms with Gasteiger partial charge in [0, 0.05) is 55.2 Å². The smallest absolute Gasteiger partial charge is 0.257 e. The summed E-state index contributed by atoms with van der Waals surface area (Å²) in [7, 11) is 3.63. The van der Waals surface area contributed by atoms with Crippen LogP contribution in [0.1, 0.15) is 24.2 Å². The van der Waals surface area contributed by atoms with Gasteiger partial charge in [0.1, 0.15) is 17.4 Å². The number of carbonyl (C=O) groups is 1. The summed E-state index contributed by atoms with van der Waals surface area (Å²) in [5, 5.41) is 21.3. The normalized spacial score (nSPS) is 22.8. The number of anilines is 1. The Balaban J connectivity index is 1.67. The molecule has 2 atom stereocenters. The summed E-state index contributed by atoms with van der Waals surface area (Å²) in [4.78, 5) is 15.4. The predicted molar refractivity (Wildman–Crippen MR) is 123 cm³/mol. The molecule has 1 amide bonds. The maximum Gasteiger partial charge on any atom is 0.257 e. The molecule has 32 heavy (non-hydrogen) atoms. The second-order valence-electron chi connectivity index (χ2n) is 8.45. The Bertz CT molecular complexity index is 1170. The number of carbonyl (C=O) groups excluding carboxylic acids is 1. The number of piperazine rings is 1. The molecule has 2 aliphatic rings. The lowest BCUT2D eigenvalue weighted by Gasteiger charge is -2.38. The molecule has 5 N–H and O–H groups in total. The standard InChI is InChI=1S/C23H28FN7O/c1-13-10-31(11-14(2)27-13)20-6-5-17(22-18(20)12-30(4)29-22)23(32)28-16-7-15(9-26-3)21(25)19(24)8-16/h5-9,12-14,25-27H,10-11H2,1-4H3,(H,28,32)/p+1/b15-9-,25-21?/t13-,14-/m0/s1. The number of amides is 1. The average Bonchev–Trinajstić information content (AvgIpc) is 3.11. The summed E-state index contributed by atoms with van der Waals surface area (Å²) in [6.07, 6.45) is 6.33. The van der Waals surface area contributed by atoms with Gasteiger partial charge in [0.05, 0.1) is 18.2 Å². The minimum absolute atomic E-state index is 0.197. The summed E-state index contributed by atoms with van der Waals surface area (Å²) < 4.78 is 15.9. The van der Waals surface area contributed by atoms with E-state index in [1.165, 1.54) is 6.08 Å². The molecule has 1 aromatic carbocycles. The van der Waals surface area contributed by atoms with Crippen molar-refractivity contribution in [2.45, 2.75) is 25.9 Å². The van der Waals surface area contributed by atoms with Gasteiger partial charge in [0.25, 0.3) is 5.91 Å². The number of rotatable bonds is 4. The third-order valence-electron chi connectivity index (χ3n) is 5.64. The van der Waals surface area contributed by atoms with Crippen molar-refractivity contribution in [1.82, 2.24) is 20.4 Å². The number of nitrogens with zero attached hydrogens (tertiary/aromatic N) is 3. The van der Waals surface area contributed by atoms with Crippen molar-refractivity contribution in [1.29, 1.82) is 5.41 Å². The van der Waals surface area contributed by atoms with Gasteiger partial charge in [0.2, 0.25) is 0 Å². The first kappa shape index (κ1) is 21.9. The number of aromatic nitrogens is 2. The second-order valence-corrected chi connectivity index (χ2v) is 8.45. The van der Waals surface area contributed by atoms with Gasteiger partial charge in [-0.05, 0) is 38.1 Å². The van der Waals surface area contributed by atoms with E-state index < -0.39 is 5.83 Å². The van der Waals surface area contributed by atoms with Crippen LogP contribution in [0.4, 0.5) is 10.1 Å². The van der Waals surface area contributed by atoms with Gasteiger partial charge in [0.15, 0.2) is 5.83 Å². The first-order valence-corrected chi connectivity index (χ1v) is 10.7. The lowest BCUT2D eigenvalue weighted by Crippen LogP contribution is -2.73. The van der Waals surface area contributed by atoms with E-state index in [9.17, 15) is 9.18 Å². The van der Waals surface area contributed by atoms with E-state index in [4.69, 9.17) is 5.41 Å². The van der Waals surface area contributed by atoms with Crippen LogP contribution in [0.2, 0.25) is 0 Å². The SMILES string of the molecule is C[NH2+]/C=C1/C=C(NC(=O)c2ccc(N3C[C@H](C)N[C@@H](C)C3)c3cn(C)nc23)C=C(F)C1=N. The Labute approximate surface area is 186 Å². The van der Waals surface area contributed by atoms with E-state index >= 15 is 0 Å². The van der Waals surface area contributed by atoms with Crippen LogP contribution in [0.5, 0.6) is 0 Å². The topological polar surface area (TPSA) is 103 Å². The van der Waals surface area contributed by atoms with Crippen LogP contribution in [0.3, 0.4) is 0 Å². The zero-order chi connectivity index (χ0) is 23.0. The molecule has 9 heteroatoms. The number of quaternary nitrogens is 1. The van der Waals surface area contributed by atoms with Gasteiger partial charge in [-0.1, -0.05) is 0 Å². The molecule has 8 nitrogen and oxygen atoms in total. The molecule has 1 saturated heterocycles. The van der Waals surface area contributed by atoms with Gasteiger partial charge >= 0.3 is 0 Å². The first-order chi connectivity index (χ1) is 15.3. The van der Waals surface area contributed by atoms with Gasteiger partial charge < -0.3 is 20.9 Å². The van der Waals surface area contributed by atoms with Gasteiger partial charge in [-0.2, -0.15) is 5.10 Å². The average molecular weight is 439 g/mol. The zero-order valence-corrected chi connectivity index (χ0v) is 18.7. The van der Waals surface area contributed by atoms with E-state index in [0.29, 0.717) is 34.4 Å². The summed E-state index contributed by atoms with van der Waals surface area (Å²) in [5.74, 6) is -1.05. The molecule has 1 aliphatic carbocycles. The second kappa shape index (κ2) is 8.68. The fraction of sp³-hybridized carbons (Fsp3) is 0.348. The molecule has 4 rings (SSSR count). The highest BCUT2D eigenvalue weighted by Gasteiger charge is 2.25. The maximum absolute atomic E-state index is 14.2. The molecule has 0 saturated carbocycles. The van der Waals surface area contributed by atoms with E-state index in [1.807, 2.05) is 19.3 Å². The van der Waals surface area contributed by atoms with Crippen molar-refractivity contribution in [3.8, 4) is 0 Å². The number of halogens is 1.